The van der Waals surface area contributed by atoms with Crippen LogP contribution in [0.1, 0.15) is 89.5 Å². The minimum Gasteiger partial charge on any atom is -0.425 e. The van der Waals surface area contributed by atoms with Gasteiger partial charge in [0.1, 0.15) is 5.78 Å². The number of aliphatic imine (C=N–C) groups is 3. The lowest BCUT2D eigenvalue weighted by atomic mass is 9.80. The summed E-state index contributed by atoms with van der Waals surface area (Å²) in [6.07, 6.45) is 12.6. The SMILES string of the molecule is CCCC(CCCCc1nnc(CC)o1)C1=NC2=C(c3ccc(-c4ccccc4)nc3)C=NC(CCC(=NC)C1C(C)=O)C2. The van der Waals surface area contributed by atoms with E-state index in [2.05, 4.69) is 46.4 Å². The van der Waals surface area contributed by atoms with Crippen molar-refractivity contribution < 1.29 is 9.21 Å². The molecular weight excluding hydrogens is 548 g/mol. The van der Waals surface area contributed by atoms with Gasteiger partial charge in [0, 0.05) is 66.8 Å². The van der Waals surface area contributed by atoms with Crippen LogP contribution in [0.5, 0.6) is 0 Å². The normalized spacial score (nSPS) is 20.2. The van der Waals surface area contributed by atoms with Crippen molar-refractivity contribution in [3.8, 4) is 11.3 Å². The number of aryl methyl sites for hydroxylation is 2. The third-order valence-corrected chi connectivity index (χ3v) is 8.68. The Balaban J connectivity index is 1.49. The molecule has 2 aliphatic heterocycles. The summed E-state index contributed by atoms with van der Waals surface area (Å²) in [5.41, 5.74) is 6.88. The van der Waals surface area contributed by atoms with Crippen LogP contribution in [-0.2, 0) is 17.6 Å². The smallest absolute Gasteiger partial charge is 0.216 e. The number of Topliss-reactive ketones (excluding diaryl/α,β-unsaturated/α-hetero) is 1. The zero-order valence-corrected chi connectivity index (χ0v) is 26.5. The molecule has 4 heterocycles. The van der Waals surface area contributed by atoms with Gasteiger partial charge in [0.25, 0.3) is 0 Å². The Morgan fingerprint density at radius 3 is 2.52 bits per heavy atom. The van der Waals surface area contributed by atoms with Gasteiger partial charge in [0.2, 0.25) is 11.8 Å². The highest BCUT2D eigenvalue weighted by Crippen LogP contribution is 2.34. The minimum atomic E-state index is -0.411. The van der Waals surface area contributed by atoms with Crippen molar-refractivity contribution in [3.63, 3.8) is 0 Å². The highest BCUT2D eigenvalue weighted by molar-refractivity contribution is 6.23. The van der Waals surface area contributed by atoms with Crippen molar-refractivity contribution in [2.45, 2.75) is 91.0 Å². The number of fused-ring (bicyclic) bond motifs is 2. The number of rotatable bonds is 12. The predicted molar refractivity (Wildman–Crippen MR) is 177 cm³/mol. The zero-order chi connectivity index (χ0) is 30.9. The second kappa shape index (κ2) is 15.1. The summed E-state index contributed by atoms with van der Waals surface area (Å²) < 4.78 is 5.73. The number of benzene rings is 1. The van der Waals surface area contributed by atoms with E-state index in [-0.39, 0.29) is 17.7 Å². The van der Waals surface area contributed by atoms with Crippen molar-refractivity contribution in [1.29, 1.82) is 0 Å². The molecule has 1 aromatic carbocycles. The van der Waals surface area contributed by atoms with Gasteiger partial charge in [-0.05, 0) is 51.0 Å². The fraction of sp³-hybridized carbons (Fsp3) is 0.472. The topological polar surface area (TPSA) is 106 Å². The molecule has 8 heteroatoms. The van der Waals surface area contributed by atoms with E-state index < -0.39 is 5.92 Å². The molecule has 3 aromatic rings. The summed E-state index contributed by atoms with van der Waals surface area (Å²) in [6, 6.07) is 14.5. The molecule has 3 atom stereocenters. The highest BCUT2D eigenvalue weighted by Gasteiger charge is 2.34. The van der Waals surface area contributed by atoms with Gasteiger partial charge in [-0.3, -0.25) is 24.8 Å². The molecule has 2 aliphatic rings. The number of unbranched alkanes of at least 4 members (excludes halogenated alkanes) is 1. The summed E-state index contributed by atoms with van der Waals surface area (Å²) in [5.74, 6) is 1.25. The molecular formula is C36H44N6O2. The first-order valence-corrected chi connectivity index (χ1v) is 16.1. The number of allylic oxidation sites excluding steroid dienone is 1. The van der Waals surface area contributed by atoms with Crippen LogP contribution in [0.2, 0.25) is 0 Å². The van der Waals surface area contributed by atoms with E-state index in [1.54, 1.807) is 6.92 Å². The molecule has 2 aromatic heterocycles. The summed E-state index contributed by atoms with van der Waals surface area (Å²) in [6.45, 7) is 5.91. The van der Waals surface area contributed by atoms with Crippen molar-refractivity contribution in [2.75, 3.05) is 7.05 Å². The number of hydrogen-bond acceptors (Lipinski definition) is 8. The van der Waals surface area contributed by atoms with E-state index in [9.17, 15) is 4.79 Å². The summed E-state index contributed by atoms with van der Waals surface area (Å²) >= 11 is 0. The number of hydrogen-bond donors (Lipinski definition) is 0. The maximum atomic E-state index is 13.4. The summed E-state index contributed by atoms with van der Waals surface area (Å²) in [4.78, 5) is 33.2. The van der Waals surface area contributed by atoms with Crippen LogP contribution in [0.4, 0.5) is 0 Å². The first-order chi connectivity index (χ1) is 21.5. The van der Waals surface area contributed by atoms with Crippen LogP contribution >= 0.6 is 0 Å². The molecule has 44 heavy (non-hydrogen) atoms. The number of aromatic nitrogens is 3. The Morgan fingerprint density at radius 2 is 1.84 bits per heavy atom. The molecule has 5 rings (SSSR count). The Morgan fingerprint density at radius 1 is 1.02 bits per heavy atom. The highest BCUT2D eigenvalue weighted by atomic mass is 16.4. The number of carbonyl (C=O) groups is 1. The van der Waals surface area contributed by atoms with Gasteiger partial charge in [0.05, 0.1) is 23.4 Å². The van der Waals surface area contributed by atoms with Crippen molar-refractivity contribution in [1.82, 2.24) is 15.2 Å². The fourth-order valence-electron chi connectivity index (χ4n) is 6.35. The maximum Gasteiger partial charge on any atom is 0.216 e. The van der Waals surface area contributed by atoms with Crippen molar-refractivity contribution in [2.24, 2.45) is 26.8 Å². The molecule has 0 saturated carbocycles. The lowest BCUT2D eigenvalue weighted by molar-refractivity contribution is -0.117. The predicted octanol–water partition coefficient (Wildman–Crippen LogP) is 7.59. The zero-order valence-electron chi connectivity index (χ0n) is 26.5. The molecule has 0 fully saturated rings. The number of dihydropyridines is 1. The number of ketones is 1. The van der Waals surface area contributed by atoms with Gasteiger partial charge < -0.3 is 4.42 Å². The molecule has 0 N–H and O–H groups in total. The lowest BCUT2D eigenvalue weighted by Gasteiger charge is -2.26. The van der Waals surface area contributed by atoms with E-state index in [0.717, 1.165) is 104 Å². The Hall–Kier alpha value is -4.07. The van der Waals surface area contributed by atoms with E-state index in [4.69, 9.17) is 19.4 Å². The molecule has 0 amide bonds. The van der Waals surface area contributed by atoms with Crippen molar-refractivity contribution in [3.05, 3.63) is 71.7 Å². The molecule has 3 unspecified atom stereocenters. The fourth-order valence-corrected chi connectivity index (χ4v) is 6.35. The van der Waals surface area contributed by atoms with E-state index in [1.165, 1.54) is 0 Å². The first-order valence-electron chi connectivity index (χ1n) is 16.1. The van der Waals surface area contributed by atoms with E-state index >= 15 is 0 Å². The van der Waals surface area contributed by atoms with Gasteiger partial charge in [-0.25, -0.2) is 0 Å². The standard InChI is InChI=1S/C36H44N6O2/c1-5-12-26(15-10-11-16-34-42-41-33(6-2)44-34)36-35(24(3)43)31(37-4)20-18-28-21-32(40-36)29(23-38-28)27-17-19-30(39-22-27)25-13-8-7-9-14-25/h7-9,13-14,17,19,22-23,26,28,35H,5-6,10-12,15-16,18,20-21H2,1-4H3. The second-order valence-electron chi connectivity index (χ2n) is 11.8. The number of nitrogens with zero attached hydrogens (tertiary/aromatic N) is 6. The first kappa shape index (κ1) is 31.4. The maximum absolute atomic E-state index is 13.4. The van der Waals surface area contributed by atoms with Gasteiger partial charge in [-0.2, -0.15) is 0 Å². The Kier molecular flexibility index (Phi) is 10.8. The minimum absolute atomic E-state index is 0.108. The molecule has 0 saturated heterocycles. The van der Waals surface area contributed by atoms with Gasteiger partial charge in [0.15, 0.2) is 0 Å². The van der Waals surface area contributed by atoms with Crippen LogP contribution in [0.15, 0.2) is 73.8 Å². The van der Waals surface area contributed by atoms with E-state index in [1.807, 2.05) is 44.6 Å². The molecule has 0 radical (unpaired) electrons. The largest absolute Gasteiger partial charge is 0.425 e. The van der Waals surface area contributed by atoms with Crippen LogP contribution in [0, 0.1) is 11.8 Å². The second-order valence-corrected chi connectivity index (χ2v) is 11.8. The Bertz CT molecular complexity index is 1530. The van der Waals surface area contributed by atoms with Gasteiger partial charge in [-0.1, -0.05) is 63.1 Å². The molecule has 0 spiro atoms. The van der Waals surface area contributed by atoms with Gasteiger partial charge >= 0.3 is 0 Å². The number of pyridine rings is 1. The summed E-state index contributed by atoms with van der Waals surface area (Å²) in [7, 11) is 1.81. The third kappa shape index (κ3) is 7.52. The quantitative estimate of drug-likeness (QED) is 0.202. The van der Waals surface area contributed by atoms with Crippen LogP contribution < -0.4 is 0 Å². The average molecular weight is 593 g/mol. The molecule has 2 bridgehead atoms. The van der Waals surface area contributed by atoms with Crippen LogP contribution in [-0.4, -0.2) is 51.7 Å². The molecule has 230 valence electrons. The monoisotopic (exact) mass is 592 g/mol. The van der Waals surface area contributed by atoms with E-state index in [0.29, 0.717) is 11.8 Å². The summed E-state index contributed by atoms with van der Waals surface area (Å²) in [5, 5.41) is 8.29. The van der Waals surface area contributed by atoms with Crippen molar-refractivity contribution >= 4 is 29.0 Å². The van der Waals surface area contributed by atoms with Gasteiger partial charge in [-0.15, -0.1) is 10.2 Å². The average Bonchev–Trinajstić information content (AvgIpc) is 3.53. The molecule has 0 aliphatic carbocycles. The number of carbonyl (C=O) groups excluding carboxylic acids is 1. The Labute approximate surface area is 261 Å². The molecule has 8 nitrogen and oxygen atoms in total. The lowest BCUT2D eigenvalue weighted by Crippen LogP contribution is -2.35. The van der Waals surface area contributed by atoms with Crippen LogP contribution in [0.3, 0.4) is 0 Å². The third-order valence-electron chi connectivity index (χ3n) is 8.68. The van der Waals surface area contributed by atoms with Crippen LogP contribution in [0.25, 0.3) is 16.8 Å².